The zero-order valence-electron chi connectivity index (χ0n) is 23.2. The van der Waals surface area contributed by atoms with Crippen LogP contribution in [-0.2, 0) is 14.2 Å². The Morgan fingerprint density at radius 1 is 0.927 bits per heavy atom. The number of thioether (sulfide) groups is 1. The molecule has 8 heteroatoms. The van der Waals surface area contributed by atoms with Gasteiger partial charge in [0.1, 0.15) is 6.61 Å². The zero-order valence-corrected chi connectivity index (χ0v) is 24.0. The summed E-state index contributed by atoms with van der Waals surface area (Å²) in [4.78, 5) is 29.6. The first-order chi connectivity index (χ1) is 20.1. The Morgan fingerprint density at radius 2 is 1.46 bits per heavy atom. The van der Waals surface area contributed by atoms with Gasteiger partial charge in [0.25, 0.3) is 0 Å². The first-order valence-electron chi connectivity index (χ1n) is 14.1. The number of ether oxygens (including phenoxy) is 2. The highest BCUT2D eigenvalue weighted by Gasteiger charge is 2.44. The molecule has 2 atom stereocenters. The molecule has 3 aromatic carbocycles. The Balaban J connectivity index is 1.45. The zero-order chi connectivity index (χ0) is 28.5. The van der Waals surface area contributed by atoms with Crippen LogP contribution in [0.15, 0.2) is 104 Å². The normalized spacial score (nSPS) is 19.0. The van der Waals surface area contributed by atoms with Crippen molar-refractivity contribution in [3.05, 3.63) is 120 Å². The number of likely N-dealkylation sites (tertiary alicyclic amines) is 1. The molecule has 0 saturated carbocycles. The number of benzene rings is 3. The third kappa shape index (κ3) is 6.60. The van der Waals surface area contributed by atoms with Crippen molar-refractivity contribution in [3.8, 4) is 0 Å². The molecule has 214 valence electrons. The average molecular weight is 572 g/mol. The number of rotatable bonds is 9. The first-order valence-corrected chi connectivity index (χ1v) is 15.0. The Labute approximate surface area is 246 Å². The fourth-order valence-electron chi connectivity index (χ4n) is 5.65. The minimum absolute atomic E-state index is 0.0807. The summed E-state index contributed by atoms with van der Waals surface area (Å²) in [7, 11) is 0. The maximum absolute atomic E-state index is 13.2. The fraction of sp³-hybridized carbons (Fsp3) is 0.333. The van der Waals surface area contributed by atoms with Crippen LogP contribution < -0.4 is 5.32 Å². The smallest absolute Gasteiger partial charge is 0.410 e. The van der Waals surface area contributed by atoms with Gasteiger partial charge in [-0.1, -0.05) is 104 Å². The van der Waals surface area contributed by atoms with Crippen molar-refractivity contribution in [2.45, 2.75) is 22.5 Å². The number of hydrogen-bond acceptors (Lipinski definition) is 5. The summed E-state index contributed by atoms with van der Waals surface area (Å²) in [5.74, 6) is 0. The summed E-state index contributed by atoms with van der Waals surface area (Å²) in [5, 5.41) is 3.15. The second-order valence-electron chi connectivity index (χ2n) is 10.2. The maximum Gasteiger partial charge on any atom is 0.410 e. The molecule has 3 amide bonds. The second kappa shape index (κ2) is 13.7. The molecule has 2 saturated heterocycles. The summed E-state index contributed by atoms with van der Waals surface area (Å²) in [6.45, 7) is 6.88. The van der Waals surface area contributed by atoms with Gasteiger partial charge < -0.3 is 24.6 Å². The van der Waals surface area contributed by atoms with Gasteiger partial charge in [0.15, 0.2) is 0 Å². The Hall–Kier alpha value is -3.75. The van der Waals surface area contributed by atoms with Crippen LogP contribution in [0.1, 0.15) is 23.1 Å². The van der Waals surface area contributed by atoms with Crippen LogP contribution in [-0.4, -0.2) is 79.2 Å². The highest BCUT2D eigenvalue weighted by atomic mass is 32.2. The second-order valence-corrected chi connectivity index (χ2v) is 11.7. The van der Waals surface area contributed by atoms with E-state index in [1.54, 1.807) is 15.9 Å². The van der Waals surface area contributed by atoms with Crippen LogP contribution in [0, 0.1) is 0 Å². The Kier molecular flexibility index (Phi) is 9.64. The van der Waals surface area contributed by atoms with Gasteiger partial charge in [-0.15, -0.1) is 11.8 Å². The lowest BCUT2D eigenvalue weighted by molar-refractivity contribution is 0.0527. The van der Waals surface area contributed by atoms with Crippen LogP contribution in [0.5, 0.6) is 0 Å². The van der Waals surface area contributed by atoms with E-state index in [1.165, 1.54) is 16.7 Å². The minimum atomic E-state index is -0.503. The third-order valence-electron chi connectivity index (χ3n) is 7.61. The monoisotopic (exact) mass is 571 g/mol. The number of carbonyl (C=O) groups is 2. The van der Waals surface area contributed by atoms with E-state index in [-0.39, 0.29) is 30.0 Å². The molecule has 3 aromatic rings. The number of nitrogens with one attached hydrogen (secondary N) is 1. The molecule has 0 unspecified atom stereocenters. The van der Waals surface area contributed by atoms with Gasteiger partial charge in [-0.25, -0.2) is 9.59 Å². The molecule has 1 N–H and O–H groups in total. The molecule has 0 spiro atoms. The van der Waals surface area contributed by atoms with Gasteiger partial charge in [-0.2, -0.15) is 0 Å². The van der Waals surface area contributed by atoms with Crippen LogP contribution in [0.25, 0.3) is 0 Å². The van der Waals surface area contributed by atoms with Gasteiger partial charge >= 0.3 is 12.1 Å². The molecule has 2 aliphatic rings. The molecule has 0 radical (unpaired) electrons. The highest BCUT2D eigenvalue weighted by Crippen LogP contribution is 2.52. The predicted octanol–water partition coefficient (Wildman–Crippen LogP) is 5.52. The van der Waals surface area contributed by atoms with E-state index >= 15 is 0 Å². The molecule has 0 aromatic heterocycles. The van der Waals surface area contributed by atoms with E-state index in [4.69, 9.17) is 9.47 Å². The molecule has 0 aliphatic carbocycles. The van der Waals surface area contributed by atoms with Gasteiger partial charge in [0.2, 0.25) is 0 Å². The van der Waals surface area contributed by atoms with Crippen molar-refractivity contribution in [2.75, 3.05) is 46.0 Å². The van der Waals surface area contributed by atoms with E-state index in [0.29, 0.717) is 45.8 Å². The van der Waals surface area contributed by atoms with E-state index < -0.39 is 4.75 Å². The van der Waals surface area contributed by atoms with Crippen molar-refractivity contribution in [2.24, 2.45) is 0 Å². The first kappa shape index (κ1) is 28.8. The largest absolute Gasteiger partial charge is 0.445 e. The van der Waals surface area contributed by atoms with E-state index in [9.17, 15) is 9.59 Å². The number of nitrogens with zero attached hydrogens (tertiary/aromatic N) is 2. The summed E-state index contributed by atoms with van der Waals surface area (Å²) in [5.41, 5.74) is 3.52. The summed E-state index contributed by atoms with van der Waals surface area (Å²) < 4.78 is 10.4. The number of hydrogen-bond donors (Lipinski definition) is 1. The standard InChI is InChI=1S/C33H37N3O4S/c1-2-20-40-32(38)36-25-30(23-29(36)24-34-31(37)35-18-21-39-22-19-35)41-33(26-12-6-3-7-13-26,27-14-8-4-9-15-27)28-16-10-5-11-17-28/h2-17,29-30H,1,18-25H2,(H,34,37)/t29-,30-/m0/s1. The summed E-state index contributed by atoms with van der Waals surface area (Å²) in [6, 6.07) is 31.3. The van der Waals surface area contributed by atoms with Gasteiger partial charge in [-0.3, -0.25) is 0 Å². The number of morpholine rings is 1. The molecular formula is C33H37N3O4S. The molecule has 2 aliphatic heterocycles. The van der Waals surface area contributed by atoms with E-state index in [2.05, 4.69) is 84.7 Å². The van der Waals surface area contributed by atoms with Crippen molar-refractivity contribution < 1.29 is 19.1 Å². The van der Waals surface area contributed by atoms with E-state index in [0.717, 1.165) is 0 Å². The lowest BCUT2D eigenvalue weighted by Gasteiger charge is -2.37. The molecule has 5 rings (SSSR count). The lowest BCUT2D eigenvalue weighted by Crippen LogP contribution is -2.50. The van der Waals surface area contributed by atoms with E-state index in [1.807, 2.05) is 30.0 Å². The van der Waals surface area contributed by atoms with Gasteiger partial charge in [0, 0.05) is 31.4 Å². The molecular weight excluding hydrogens is 534 g/mol. The van der Waals surface area contributed by atoms with Crippen molar-refractivity contribution in [1.29, 1.82) is 0 Å². The molecule has 7 nitrogen and oxygen atoms in total. The summed E-state index contributed by atoms with van der Waals surface area (Å²) in [6.07, 6.45) is 1.90. The predicted molar refractivity (Wildman–Crippen MR) is 163 cm³/mol. The average Bonchev–Trinajstić information content (AvgIpc) is 3.45. The highest BCUT2D eigenvalue weighted by molar-refractivity contribution is 8.01. The number of urea groups is 1. The molecule has 2 heterocycles. The van der Waals surface area contributed by atoms with Crippen LogP contribution in [0.3, 0.4) is 0 Å². The Morgan fingerprint density at radius 3 is 1.98 bits per heavy atom. The van der Waals surface area contributed by atoms with Crippen molar-refractivity contribution in [1.82, 2.24) is 15.1 Å². The third-order valence-corrected chi connectivity index (χ3v) is 9.34. The van der Waals surface area contributed by atoms with Crippen LogP contribution in [0.4, 0.5) is 9.59 Å². The molecule has 2 fully saturated rings. The minimum Gasteiger partial charge on any atom is -0.445 e. The molecule has 0 bridgehead atoms. The number of amides is 3. The fourth-order valence-corrected chi connectivity index (χ4v) is 7.52. The molecule has 41 heavy (non-hydrogen) atoms. The van der Waals surface area contributed by atoms with Crippen LogP contribution in [0.2, 0.25) is 0 Å². The van der Waals surface area contributed by atoms with Gasteiger partial charge in [0.05, 0.1) is 24.0 Å². The van der Waals surface area contributed by atoms with Crippen LogP contribution >= 0.6 is 11.8 Å². The SMILES string of the molecule is C=CCOC(=O)N1C[C@@H](SC(c2ccccc2)(c2ccccc2)c2ccccc2)C[C@H]1CNC(=O)N1CCOCC1. The topological polar surface area (TPSA) is 71.1 Å². The number of carbonyl (C=O) groups excluding carboxylic acids is 2. The van der Waals surface area contributed by atoms with Gasteiger partial charge in [-0.05, 0) is 23.1 Å². The van der Waals surface area contributed by atoms with Crippen molar-refractivity contribution in [3.63, 3.8) is 0 Å². The summed E-state index contributed by atoms with van der Waals surface area (Å²) >= 11 is 1.86. The Bertz CT molecular complexity index is 1190. The van der Waals surface area contributed by atoms with Crippen molar-refractivity contribution >= 4 is 23.9 Å². The quantitative estimate of drug-likeness (QED) is 0.271. The maximum atomic E-state index is 13.2. The lowest BCUT2D eigenvalue weighted by atomic mass is 9.84.